The molecule has 0 heterocycles. The zero-order valence-corrected chi connectivity index (χ0v) is 13.6. The first-order valence-electron chi connectivity index (χ1n) is 6.54. The first-order chi connectivity index (χ1) is 7.88. The van der Waals surface area contributed by atoms with Crippen LogP contribution in [0.25, 0.3) is 0 Å². The fourth-order valence-electron chi connectivity index (χ4n) is 2.05. The van der Waals surface area contributed by atoms with E-state index in [0.29, 0.717) is 18.4 Å². The van der Waals surface area contributed by atoms with Crippen LogP contribution in [0.2, 0.25) is 5.04 Å². The second kappa shape index (κ2) is 7.87. The van der Waals surface area contributed by atoms with E-state index in [0.717, 1.165) is 12.8 Å². The van der Waals surface area contributed by atoms with Gasteiger partial charge in [0.2, 0.25) is 0 Å². The van der Waals surface area contributed by atoms with Crippen molar-refractivity contribution in [3.8, 4) is 0 Å². The quantitative estimate of drug-likeness (QED) is 0.497. The first-order valence-corrected chi connectivity index (χ1v) is 7.82. The first kappa shape index (κ1) is 16.6. The predicted molar refractivity (Wildman–Crippen MR) is 73.8 cm³/mol. The van der Waals surface area contributed by atoms with Gasteiger partial charge in [-0.3, -0.25) is 4.79 Å². The molecule has 0 fully saturated rings. The number of ether oxygens (including phenoxy) is 1. The summed E-state index contributed by atoms with van der Waals surface area (Å²) in [6, 6.07) is 0. The lowest BCUT2D eigenvalue weighted by molar-refractivity contribution is -0.149. The molecule has 0 aromatic heterocycles. The van der Waals surface area contributed by atoms with E-state index in [4.69, 9.17) is 9.16 Å². The summed E-state index contributed by atoms with van der Waals surface area (Å²) in [5.41, 5.74) is 0. The lowest BCUT2D eigenvalue weighted by Gasteiger charge is -2.31. The second-order valence-electron chi connectivity index (χ2n) is 5.66. The van der Waals surface area contributed by atoms with Crippen LogP contribution in [0.3, 0.4) is 0 Å². The van der Waals surface area contributed by atoms with Gasteiger partial charge in [-0.25, -0.2) is 0 Å². The van der Waals surface area contributed by atoms with Crippen LogP contribution in [0, 0.1) is 11.8 Å². The molecule has 0 saturated carbocycles. The molecule has 0 aliphatic rings. The molecule has 0 amide bonds. The van der Waals surface area contributed by atoms with Gasteiger partial charge in [0.15, 0.2) is 9.76 Å². The molecule has 17 heavy (non-hydrogen) atoms. The normalized spacial score (nSPS) is 15.8. The Morgan fingerprint density at radius 3 is 2.18 bits per heavy atom. The summed E-state index contributed by atoms with van der Waals surface area (Å²) in [7, 11) is 0.820. The summed E-state index contributed by atoms with van der Waals surface area (Å²) in [6.07, 6.45) is 1.70. The predicted octanol–water partition coefficient (Wildman–Crippen LogP) is 2.53. The maximum Gasteiger partial charge on any atom is 0.311 e. The summed E-state index contributed by atoms with van der Waals surface area (Å²) in [6.45, 7) is 11.0. The van der Waals surface area contributed by atoms with Crippen LogP contribution >= 0.6 is 0 Å². The Morgan fingerprint density at radius 2 is 1.82 bits per heavy atom. The summed E-state index contributed by atoms with van der Waals surface area (Å²) in [4.78, 5) is 12.3. The summed E-state index contributed by atoms with van der Waals surface area (Å²) in [5.74, 6) is 0.830. The third-order valence-electron chi connectivity index (χ3n) is 2.88. The standard InChI is InChI=1S/C13H28O3Si/c1-7-13(17-15-6,8-10(2)3)12(14)16-9-11(4)5/h10-11H,7-9,17H2,1-6H3. The Balaban J connectivity index is 4.68. The van der Waals surface area contributed by atoms with Gasteiger partial charge in [-0.2, -0.15) is 0 Å². The lowest BCUT2D eigenvalue weighted by Crippen LogP contribution is -2.34. The largest absolute Gasteiger partial charge is 0.465 e. The molecule has 0 radical (unpaired) electrons. The van der Waals surface area contributed by atoms with E-state index < -0.39 is 9.76 Å². The maximum absolute atomic E-state index is 12.3. The van der Waals surface area contributed by atoms with Crippen LogP contribution in [-0.2, 0) is 14.0 Å². The second-order valence-corrected chi connectivity index (χ2v) is 7.88. The average Bonchev–Trinajstić information content (AvgIpc) is 2.24. The molecule has 102 valence electrons. The highest BCUT2D eigenvalue weighted by atomic mass is 28.2. The van der Waals surface area contributed by atoms with Crippen LogP contribution < -0.4 is 0 Å². The van der Waals surface area contributed by atoms with Gasteiger partial charge in [0, 0.05) is 7.11 Å². The number of hydrogen-bond donors (Lipinski definition) is 0. The smallest absolute Gasteiger partial charge is 0.311 e. The van der Waals surface area contributed by atoms with E-state index in [9.17, 15) is 4.79 Å². The molecule has 1 unspecified atom stereocenters. The van der Waals surface area contributed by atoms with Gasteiger partial charge in [0.25, 0.3) is 0 Å². The Morgan fingerprint density at radius 1 is 1.24 bits per heavy atom. The highest BCUT2D eigenvalue weighted by molar-refractivity contribution is 6.40. The molecule has 0 N–H and O–H groups in total. The maximum atomic E-state index is 12.3. The van der Waals surface area contributed by atoms with E-state index in [-0.39, 0.29) is 11.0 Å². The summed E-state index contributed by atoms with van der Waals surface area (Å²) < 4.78 is 10.8. The third kappa shape index (κ3) is 5.68. The van der Waals surface area contributed by atoms with Gasteiger partial charge in [0.1, 0.15) is 0 Å². The van der Waals surface area contributed by atoms with Gasteiger partial charge in [0.05, 0.1) is 11.6 Å². The van der Waals surface area contributed by atoms with Crippen molar-refractivity contribution in [2.24, 2.45) is 11.8 Å². The Kier molecular flexibility index (Phi) is 7.71. The van der Waals surface area contributed by atoms with E-state index in [2.05, 4.69) is 34.6 Å². The Hall–Kier alpha value is -0.353. The molecule has 0 rings (SSSR count). The van der Waals surface area contributed by atoms with Gasteiger partial charge in [-0.1, -0.05) is 34.6 Å². The fraction of sp³-hybridized carbons (Fsp3) is 0.923. The number of esters is 1. The third-order valence-corrected chi connectivity index (χ3v) is 4.80. The van der Waals surface area contributed by atoms with Crippen LogP contribution in [0.15, 0.2) is 0 Å². The zero-order valence-electron chi connectivity index (χ0n) is 12.2. The minimum absolute atomic E-state index is 0.0454. The molecule has 1 atom stereocenters. The fourth-order valence-corrected chi connectivity index (χ4v) is 3.72. The van der Waals surface area contributed by atoms with E-state index in [1.807, 2.05) is 0 Å². The minimum atomic E-state index is -0.881. The average molecular weight is 260 g/mol. The molecule has 0 spiro atoms. The molecular weight excluding hydrogens is 232 g/mol. The van der Waals surface area contributed by atoms with Crippen molar-refractivity contribution in [3.63, 3.8) is 0 Å². The molecule has 4 heteroatoms. The molecule has 0 aromatic rings. The van der Waals surface area contributed by atoms with Crippen LogP contribution in [0.1, 0.15) is 47.5 Å². The minimum Gasteiger partial charge on any atom is -0.465 e. The molecule has 0 aromatic carbocycles. The Labute approximate surface area is 108 Å². The Bertz CT molecular complexity index is 229. The highest BCUT2D eigenvalue weighted by Gasteiger charge is 2.39. The molecule has 0 saturated heterocycles. The van der Waals surface area contributed by atoms with Crippen molar-refractivity contribution in [1.82, 2.24) is 0 Å². The van der Waals surface area contributed by atoms with Gasteiger partial charge in [-0.15, -0.1) is 0 Å². The molecule has 3 nitrogen and oxygen atoms in total. The summed E-state index contributed by atoms with van der Waals surface area (Å²) in [5, 5.41) is -0.336. The molecule has 0 aliphatic heterocycles. The molecule has 0 aliphatic carbocycles. The lowest BCUT2D eigenvalue weighted by atomic mass is 9.93. The highest BCUT2D eigenvalue weighted by Crippen LogP contribution is 2.38. The topological polar surface area (TPSA) is 35.5 Å². The van der Waals surface area contributed by atoms with Gasteiger partial charge >= 0.3 is 5.97 Å². The van der Waals surface area contributed by atoms with Crippen molar-refractivity contribution in [2.45, 2.75) is 52.5 Å². The van der Waals surface area contributed by atoms with E-state index in [1.54, 1.807) is 7.11 Å². The van der Waals surface area contributed by atoms with Crippen molar-refractivity contribution in [1.29, 1.82) is 0 Å². The van der Waals surface area contributed by atoms with Crippen molar-refractivity contribution in [2.75, 3.05) is 13.7 Å². The van der Waals surface area contributed by atoms with Crippen molar-refractivity contribution in [3.05, 3.63) is 0 Å². The van der Waals surface area contributed by atoms with E-state index in [1.165, 1.54) is 0 Å². The molecular formula is C13H28O3Si. The zero-order chi connectivity index (χ0) is 13.5. The number of carbonyl (C=O) groups excluding carboxylic acids is 1. The SMILES string of the molecule is CCC(CC(C)C)([SiH2]OC)C(=O)OCC(C)C. The van der Waals surface area contributed by atoms with Crippen LogP contribution in [0.4, 0.5) is 0 Å². The number of hydrogen-bond acceptors (Lipinski definition) is 3. The summed E-state index contributed by atoms with van der Waals surface area (Å²) >= 11 is 0. The number of rotatable bonds is 8. The van der Waals surface area contributed by atoms with Crippen molar-refractivity contribution >= 4 is 15.7 Å². The molecule has 0 bridgehead atoms. The van der Waals surface area contributed by atoms with Crippen molar-refractivity contribution < 1.29 is 14.0 Å². The van der Waals surface area contributed by atoms with Crippen LogP contribution in [0.5, 0.6) is 0 Å². The number of carbonyl (C=O) groups is 1. The monoisotopic (exact) mass is 260 g/mol. The van der Waals surface area contributed by atoms with Gasteiger partial charge < -0.3 is 9.16 Å². The van der Waals surface area contributed by atoms with Gasteiger partial charge in [-0.05, 0) is 24.7 Å². The van der Waals surface area contributed by atoms with E-state index >= 15 is 0 Å². The van der Waals surface area contributed by atoms with Crippen LogP contribution in [-0.4, -0.2) is 29.4 Å².